The van der Waals surface area contributed by atoms with E-state index in [0.717, 1.165) is 36.4 Å². The molecule has 230 valence electrons. The van der Waals surface area contributed by atoms with Gasteiger partial charge in [0.1, 0.15) is 12.2 Å². The van der Waals surface area contributed by atoms with Gasteiger partial charge in [0, 0.05) is 22.3 Å². The molecule has 0 aromatic heterocycles. The Bertz CT molecular complexity index is 1720. The predicted molar refractivity (Wildman–Crippen MR) is 164 cm³/mol. The number of hydrogen-bond acceptors (Lipinski definition) is 10. The summed E-state index contributed by atoms with van der Waals surface area (Å²) >= 11 is 2.47. The normalized spacial score (nSPS) is 16.6. The molecule has 5 atom stereocenters. The maximum absolute atomic E-state index is 14.4. The maximum Gasteiger partial charge on any atom is 0.241 e. The Balaban J connectivity index is 2.10. The number of carbonyl (C=O) groups is 5. The number of benzene rings is 4. The first-order valence-electron chi connectivity index (χ1n) is 13.5. The van der Waals surface area contributed by atoms with E-state index in [9.17, 15) is 49.5 Å². The highest BCUT2D eigenvalue weighted by atomic mass is 79.9. The van der Waals surface area contributed by atoms with Crippen LogP contribution in [-0.4, -0.2) is 82.4 Å². The second kappa shape index (κ2) is 13.2. The number of hydrogen-bond donors (Lipinski definition) is 5. The van der Waals surface area contributed by atoms with E-state index in [2.05, 4.69) is 15.9 Å². The van der Waals surface area contributed by atoms with Crippen molar-refractivity contribution in [3.63, 3.8) is 0 Å². The van der Waals surface area contributed by atoms with Crippen LogP contribution in [-0.2, 0) is 4.79 Å². The second-order valence-electron chi connectivity index (χ2n) is 10.2. The summed E-state index contributed by atoms with van der Waals surface area (Å²) < 4.78 is -1.79. The van der Waals surface area contributed by atoms with Crippen LogP contribution in [0.3, 0.4) is 0 Å². The molecule has 0 aliphatic rings. The quantitative estimate of drug-likeness (QED) is 0.0801. The van der Waals surface area contributed by atoms with Crippen molar-refractivity contribution in [1.29, 1.82) is 0 Å². The molecule has 0 spiro atoms. The van der Waals surface area contributed by atoms with Crippen molar-refractivity contribution in [2.24, 2.45) is 0 Å². The van der Waals surface area contributed by atoms with E-state index in [-0.39, 0.29) is 5.56 Å². The zero-order valence-corrected chi connectivity index (χ0v) is 24.9. The lowest BCUT2D eigenvalue weighted by molar-refractivity contribution is -0.216. The second-order valence-corrected chi connectivity index (χ2v) is 10.9. The van der Waals surface area contributed by atoms with Gasteiger partial charge >= 0.3 is 0 Å². The average Bonchev–Trinajstić information content (AvgIpc) is 3.09. The Morgan fingerprint density at radius 1 is 0.511 bits per heavy atom. The number of halogens is 1. The smallest absolute Gasteiger partial charge is 0.241 e. The first-order valence-corrected chi connectivity index (χ1v) is 14.2. The molecule has 0 bridgehead atoms. The SMILES string of the molecule is O=C(c1ccccc1)C(O)[C@@H](O)[C@](O)(C(=O)c1ccccc1)[C@@](O)(C(=O)c1ccccc1)[C@@](O)(C(=O)Br)C(=O)c1ccccc1. The lowest BCUT2D eigenvalue weighted by Crippen LogP contribution is -2.82. The Labute approximate surface area is 265 Å². The minimum atomic E-state index is -4.31. The summed E-state index contributed by atoms with van der Waals surface area (Å²) in [6, 6.07) is 25.9. The topological polar surface area (TPSA) is 186 Å². The van der Waals surface area contributed by atoms with Crippen molar-refractivity contribution in [3.8, 4) is 0 Å². The Morgan fingerprint density at radius 3 is 1.22 bits per heavy atom. The molecule has 11 heteroatoms. The van der Waals surface area contributed by atoms with Crippen LogP contribution in [0.1, 0.15) is 41.4 Å². The summed E-state index contributed by atoms with van der Waals surface area (Å²) in [4.78, 5) is 69.3. The Morgan fingerprint density at radius 2 is 0.844 bits per heavy atom. The molecule has 10 nitrogen and oxygen atoms in total. The zero-order valence-electron chi connectivity index (χ0n) is 23.4. The lowest BCUT2D eigenvalue weighted by Gasteiger charge is -2.50. The molecule has 0 aliphatic heterocycles. The predicted octanol–water partition coefficient (Wildman–Crippen LogP) is 2.35. The Hall–Kier alpha value is -4.49. The minimum Gasteiger partial charge on any atom is -0.386 e. The molecule has 0 amide bonds. The maximum atomic E-state index is 14.4. The van der Waals surface area contributed by atoms with Gasteiger partial charge < -0.3 is 25.5 Å². The van der Waals surface area contributed by atoms with Crippen LogP contribution < -0.4 is 0 Å². The van der Waals surface area contributed by atoms with E-state index in [1.807, 2.05) is 0 Å². The van der Waals surface area contributed by atoms with Crippen LogP contribution in [0.2, 0.25) is 0 Å². The third kappa shape index (κ3) is 5.61. The first kappa shape index (κ1) is 33.4. The highest BCUT2D eigenvalue weighted by Gasteiger charge is 2.77. The van der Waals surface area contributed by atoms with E-state index >= 15 is 0 Å². The van der Waals surface area contributed by atoms with Crippen LogP contribution in [0.4, 0.5) is 0 Å². The van der Waals surface area contributed by atoms with E-state index in [0.29, 0.717) is 0 Å². The molecular weight excluding hydrogens is 648 g/mol. The third-order valence-electron chi connectivity index (χ3n) is 7.53. The van der Waals surface area contributed by atoms with Gasteiger partial charge in [-0.3, -0.25) is 24.0 Å². The van der Waals surface area contributed by atoms with Gasteiger partial charge in [-0.1, -0.05) is 121 Å². The summed E-state index contributed by atoms with van der Waals surface area (Å²) in [5.74, 6) is -6.41. The van der Waals surface area contributed by atoms with Crippen molar-refractivity contribution >= 4 is 43.8 Å². The highest BCUT2D eigenvalue weighted by molar-refractivity contribution is 9.18. The average molecular weight is 675 g/mol. The molecule has 4 aromatic rings. The van der Waals surface area contributed by atoms with E-state index in [1.165, 1.54) is 78.9 Å². The molecule has 0 aliphatic carbocycles. The molecule has 45 heavy (non-hydrogen) atoms. The van der Waals surface area contributed by atoms with Crippen LogP contribution in [0.15, 0.2) is 121 Å². The van der Waals surface area contributed by atoms with Gasteiger partial charge in [-0.25, -0.2) is 0 Å². The number of ketones is 4. The first-order chi connectivity index (χ1) is 21.3. The third-order valence-corrected chi connectivity index (χ3v) is 8.10. The van der Waals surface area contributed by atoms with E-state index in [1.54, 1.807) is 6.07 Å². The number of Topliss-reactive ketones (excluding diaryl/α,β-unsaturated/α-hetero) is 4. The van der Waals surface area contributed by atoms with Gasteiger partial charge in [0.2, 0.25) is 33.2 Å². The molecule has 5 N–H and O–H groups in total. The van der Waals surface area contributed by atoms with E-state index in [4.69, 9.17) is 0 Å². The lowest BCUT2D eigenvalue weighted by atomic mass is 9.60. The van der Waals surface area contributed by atoms with Gasteiger partial charge in [0.25, 0.3) is 0 Å². The molecule has 0 saturated heterocycles. The monoisotopic (exact) mass is 674 g/mol. The minimum absolute atomic E-state index is 0.205. The summed E-state index contributed by atoms with van der Waals surface area (Å²) in [5, 5.41) is 59.8. The molecule has 0 heterocycles. The van der Waals surface area contributed by atoms with Crippen LogP contribution in [0.25, 0.3) is 0 Å². The fraction of sp³-hybridized carbons (Fsp3) is 0.147. The number of carbonyl (C=O) groups excluding carboxylic acids is 5. The fourth-order valence-corrected chi connectivity index (χ4v) is 5.54. The standard InChI is InChI=1S/C34H27BrO10/c35-31(42)33(44,28(39)23-17-9-3-10-18-23)34(45,29(40)24-19-11-4-12-20-24)32(43,27(38)22-15-7-2-8-16-22)30(41)26(37)25(36)21-13-5-1-6-14-21/h1-20,26,30,37,41,43-45H/t26?,30-,32-,33+,34+/m1/s1. The van der Waals surface area contributed by atoms with Crippen molar-refractivity contribution in [1.82, 2.24) is 0 Å². The summed E-state index contributed by atoms with van der Waals surface area (Å²) in [6.45, 7) is 0. The van der Waals surface area contributed by atoms with E-state index < -0.39 is 73.5 Å². The zero-order chi connectivity index (χ0) is 33.0. The van der Waals surface area contributed by atoms with Gasteiger partial charge in [0.15, 0.2) is 11.4 Å². The molecular formula is C34H27BrO10. The summed E-state index contributed by atoms with van der Waals surface area (Å²) in [6.07, 6.45) is -5.88. The van der Waals surface area contributed by atoms with Crippen LogP contribution in [0.5, 0.6) is 0 Å². The van der Waals surface area contributed by atoms with Gasteiger partial charge in [0.05, 0.1) is 0 Å². The number of rotatable bonds is 13. The molecule has 1 unspecified atom stereocenters. The highest BCUT2D eigenvalue weighted by Crippen LogP contribution is 2.45. The molecule has 4 rings (SSSR count). The van der Waals surface area contributed by atoms with Crippen LogP contribution in [0, 0.1) is 0 Å². The largest absolute Gasteiger partial charge is 0.386 e. The summed E-state index contributed by atoms with van der Waals surface area (Å²) in [5.41, 5.74) is -14.2. The van der Waals surface area contributed by atoms with Crippen LogP contribution >= 0.6 is 15.9 Å². The van der Waals surface area contributed by atoms with Crippen molar-refractivity contribution in [2.75, 3.05) is 0 Å². The van der Waals surface area contributed by atoms with Gasteiger partial charge in [-0.2, -0.15) is 0 Å². The number of aliphatic hydroxyl groups is 5. The molecule has 0 fully saturated rings. The molecule has 0 saturated carbocycles. The molecule has 4 aromatic carbocycles. The Kier molecular flexibility index (Phi) is 9.83. The summed E-state index contributed by atoms with van der Waals surface area (Å²) in [7, 11) is 0. The molecule has 0 radical (unpaired) electrons. The van der Waals surface area contributed by atoms with Crippen molar-refractivity contribution in [3.05, 3.63) is 144 Å². The van der Waals surface area contributed by atoms with Gasteiger partial charge in [-0.05, 0) is 15.9 Å². The van der Waals surface area contributed by atoms with Crippen molar-refractivity contribution in [2.45, 2.75) is 29.0 Å². The van der Waals surface area contributed by atoms with Gasteiger partial charge in [-0.15, -0.1) is 0 Å². The number of aliphatic hydroxyl groups excluding tert-OH is 2. The fourth-order valence-electron chi connectivity index (χ4n) is 5.07. The van der Waals surface area contributed by atoms with Crippen molar-refractivity contribution < 1.29 is 49.5 Å².